The number of H-pyrrole nitrogens is 6. The number of nitrogens with one attached hydrogen (secondary N) is 6. The number of hydrogen-bond donors (Lipinski definition) is 6. The van der Waals surface area contributed by atoms with Crippen LogP contribution in [0.2, 0.25) is 0 Å². The molecule has 0 spiro atoms. The Hall–Kier alpha value is -15.5. The summed E-state index contributed by atoms with van der Waals surface area (Å²) in [7, 11) is 4.46. The maximum Gasteiger partial charge on any atom is 0.269 e. The summed E-state index contributed by atoms with van der Waals surface area (Å²) in [4.78, 5) is 106. The molecule has 0 amide bonds. The van der Waals surface area contributed by atoms with E-state index >= 15 is 0 Å². The van der Waals surface area contributed by atoms with Gasteiger partial charge in [-0.15, -0.1) is 0 Å². The number of nitrogens with zero attached hydrogens (tertiary/aromatic N) is 12. The zero-order valence-corrected chi connectivity index (χ0v) is 55.9. The van der Waals surface area contributed by atoms with E-state index in [1.165, 1.54) is 58.0 Å². The lowest BCUT2D eigenvalue weighted by Gasteiger charge is -2.14. The lowest BCUT2D eigenvalue weighted by Crippen LogP contribution is -2.12. The van der Waals surface area contributed by atoms with Crippen molar-refractivity contribution in [3.8, 4) is 121 Å². The van der Waals surface area contributed by atoms with Gasteiger partial charge in [-0.2, -0.15) is 31.6 Å². The largest absolute Gasteiger partial charge is 0.493 e. The first-order valence-corrected chi connectivity index (χ1v) is 30.2. The van der Waals surface area contributed by atoms with E-state index in [1.807, 2.05) is 74.5 Å². The molecule has 12 aromatic rings. The minimum atomic E-state index is -1.14. The van der Waals surface area contributed by atoms with Crippen LogP contribution in [0, 0.1) is 117 Å². The third-order valence-electron chi connectivity index (χ3n) is 14.6. The average molecular weight is 1440 g/mol. The predicted octanol–water partition coefficient (Wildman–Crippen LogP) is 9.89. The van der Waals surface area contributed by atoms with Crippen LogP contribution in [0.25, 0.3) is 67.5 Å². The van der Waals surface area contributed by atoms with Gasteiger partial charge in [-0.1, -0.05) is 55.0 Å². The Morgan fingerprint density at radius 2 is 0.755 bits per heavy atom. The van der Waals surface area contributed by atoms with Crippen molar-refractivity contribution in [2.45, 2.75) is 27.2 Å². The van der Waals surface area contributed by atoms with Crippen LogP contribution in [-0.4, -0.2) is 81.1 Å². The van der Waals surface area contributed by atoms with Crippen LogP contribution in [0.5, 0.6) is 17.2 Å². The Morgan fingerprint density at radius 1 is 0.368 bits per heavy atom. The smallest absolute Gasteiger partial charge is 0.269 e. The number of halogens is 6. The van der Waals surface area contributed by atoms with Gasteiger partial charge < -0.3 is 44.1 Å². The number of aromatic amines is 6. The molecule has 0 saturated heterocycles. The SMILES string of the molecule is CCc1ccc(-c2nc[nH]c(=O)c2C#N)cc1.COc1cc(-c2nc[nH]c(=O)c2C#N)cc(OC)c1OC.Cc1ccc(C)c(-c2nc[nH]c(=O)c2C#N)c1.N#Cc1c(-c2cc(F)ccc2F)nc[nH]c1=O.N#Cc1c(-c2ccc(F)cc2F)nc[nH]c1=O.N#Cc1c(-c2cccc(F)c2F)nc[nH]c1=O. The fourth-order valence-electron chi connectivity index (χ4n) is 9.43. The predicted molar refractivity (Wildman–Crippen MR) is 368 cm³/mol. The van der Waals surface area contributed by atoms with E-state index in [1.54, 1.807) is 30.3 Å². The van der Waals surface area contributed by atoms with E-state index in [4.69, 9.17) is 45.8 Å². The molecule has 6 aromatic carbocycles. The molecule has 106 heavy (non-hydrogen) atoms. The quantitative estimate of drug-likeness (QED) is 0.0693. The van der Waals surface area contributed by atoms with Gasteiger partial charge in [0.15, 0.2) is 23.1 Å². The molecule has 0 radical (unpaired) electrons. The summed E-state index contributed by atoms with van der Waals surface area (Å²) in [5.41, 5.74) is 1.21. The molecule has 0 saturated carbocycles. The summed E-state index contributed by atoms with van der Waals surface area (Å²) in [5, 5.41) is 53.5. The number of aryl methyl sites for hydroxylation is 3. The van der Waals surface area contributed by atoms with Crippen LogP contribution in [0.4, 0.5) is 26.3 Å². The Morgan fingerprint density at radius 3 is 1.17 bits per heavy atom. The van der Waals surface area contributed by atoms with E-state index in [-0.39, 0.29) is 72.8 Å². The highest BCUT2D eigenvalue weighted by molar-refractivity contribution is 5.74. The van der Waals surface area contributed by atoms with E-state index in [2.05, 4.69) is 66.7 Å². The molecule has 0 unspecified atom stereocenters. The van der Waals surface area contributed by atoms with Gasteiger partial charge in [-0.3, -0.25) is 28.8 Å². The minimum Gasteiger partial charge on any atom is -0.493 e. The van der Waals surface area contributed by atoms with Crippen molar-refractivity contribution in [1.29, 1.82) is 31.6 Å². The van der Waals surface area contributed by atoms with Gasteiger partial charge >= 0.3 is 0 Å². The normalized spacial score (nSPS) is 9.91. The molecule has 0 aliphatic carbocycles. The zero-order valence-electron chi connectivity index (χ0n) is 55.9. The number of hydrogen-bond acceptors (Lipinski definition) is 21. The van der Waals surface area contributed by atoms with Gasteiger partial charge in [0.1, 0.15) is 93.1 Å². The number of aromatic nitrogens is 12. The molecule has 6 heterocycles. The van der Waals surface area contributed by atoms with E-state index in [0.29, 0.717) is 40.3 Å². The van der Waals surface area contributed by atoms with Gasteiger partial charge in [0, 0.05) is 39.4 Å². The van der Waals surface area contributed by atoms with Gasteiger partial charge in [-0.05, 0) is 92.1 Å². The number of methoxy groups -OCH3 is 3. The van der Waals surface area contributed by atoms with Gasteiger partial charge in [0.05, 0.1) is 93.5 Å². The first-order valence-electron chi connectivity index (χ1n) is 30.2. The Labute approximate surface area is 593 Å². The van der Waals surface area contributed by atoms with E-state index < -0.39 is 68.3 Å². The fraction of sp³-hybridized carbons (Fsp3) is 0.0959. The average Bonchev–Trinajstić information content (AvgIpc) is 0.831. The lowest BCUT2D eigenvalue weighted by atomic mass is 10.0. The van der Waals surface area contributed by atoms with Crippen LogP contribution < -0.4 is 47.6 Å². The minimum absolute atomic E-state index is 0.0525. The van der Waals surface area contributed by atoms with Crippen molar-refractivity contribution in [2.24, 2.45) is 0 Å². The van der Waals surface area contributed by atoms with E-state index in [9.17, 15) is 55.1 Å². The highest BCUT2D eigenvalue weighted by atomic mass is 19.2. The Balaban J connectivity index is 0.000000178. The second-order valence-corrected chi connectivity index (χ2v) is 21.0. The van der Waals surface area contributed by atoms with Crippen molar-refractivity contribution in [2.75, 3.05) is 21.3 Å². The highest BCUT2D eigenvalue weighted by Crippen LogP contribution is 2.41. The first-order chi connectivity index (χ1) is 51.0. The topological polar surface area (TPSA) is 445 Å². The third kappa shape index (κ3) is 18.5. The molecule has 0 bridgehead atoms. The molecule has 0 aliphatic heterocycles. The summed E-state index contributed by atoms with van der Waals surface area (Å²) < 4.78 is 94.9. The van der Waals surface area contributed by atoms with Crippen LogP contribution in [0.1, 0.15) is 57.0 Å². The van der Waals surface area contributed by atoms with Crippen molar-refractivity contribution in [3.05, 3.63) is 294 Å². The summed E-state index contributed by atoms with van der Waals surface area (Å²) in [6.07, 6.45) is 7.94. The number of rotatable bonds is 10. The van der Waals surface area contributed by atoms with Crippen molar-refractivity contribution < 1.29 is 40.6 Å². The molecule has 0 aliphatic rings. The summed E-state index contributed by atoms with van der Waals surface area (Å²) in [6, 6.07) is 36.4. The molecule has 12 rings (SSSR count). The second kappa shape index (κ2) is 36.6. The van der Waals surface area contributed by atoms with Gasteiger partial charge in [-0.25, -0.2) is 56.2 Å². The molecular weight excluding hydrogens is 1390 g/mol. The number of ether oxygens (including phenoxy) is 3. The maximum atomic E-state index is 13.5. The van der Waals surface area contributed by atoms with Crippen LogP contribution in [-0.2, 0) is 6.42 Å². The first kappa shape index (κ1) is 77.9. The van der Waals surface area contributed by atoms with Gasteiger partial charge in [0.25, 0.3) is 33.4 Å². The molecule has 0 fully saturated rings. The lowest BCUT2D eigenvalue weighted by molar-refractivity contribution is 0.324. The van der Waals surface area contributed by atoms with Crippen molar-refractivity contribution in [1.82, 2.24) is 59.8 Å². The van der Waals surface area contributed by atoms with E-state index in [0.717, 1.165) is 84.1 Å². The fourth-order valence-corrected chi connectivity index (χ4v) is 9.43. The summed E-state index contributed by atoms with van der Waals surface area (Å²) in [6.45, 7) is 5.96. The summed E-state index contributed by atoms with van der Waals surface area (Å²) >= 11 is 0. The highest BCUT2D eigenvalue weighted by Gasteiger charge is 2.21. The van der Waals surface area contributed by atoms with Crippen molar-refractivity contribution >= 4 is 0 Å². The molecule has 6 N–H and O–H groups in total. The van der Waals surface area contributed by atoms with Crippen LogP contribution in [0.3, 0.4) is 0 Å². The molecule has 27 nitrogen and oxygen atoms in total. The van der Waals surface area contributed by atoms with Crippen molar-refractivity contribution in [3.63, 3.8) is 0 Å². The third-order valence-corrected chi connectivity index (χ3v) is 14.6. The van der Waals surface area contributed by atoms with Gasteiger partial charge in [0.2, 0.25) is 5.75 Å². The molecule has 0 atom stereocenters. The monoisotopic (exact) mass is 1440 g/mol. The van der Waals surface area contributed by atoms with Crippen LogP contribution in [0.15, 0.2) is 176 Å². The standard InChI is InChI=1S/C14H13N3O4.2C13H11N3O.3C11H5F2N3O/c1-19-10-4-8(5-11(20-2)13(10)21-3)12-9(6-15)14(18)17-7-16-12;1-8-3-4-9(2)10(5-8)12-11(6-14)13(17)16-7-15-12;1-2-9-3-5-10(6-4-9)12-11(7-14)13(17)16-8-15-12;12-6-1-2-9(13)7(3-6)10-8(4-14)11(17)16-5-15-10;12-6-1-2-7(9(13)3-6)10-8(4-14)11(17)16-5-15-10;12-8-3-1-2-6(9(8)13)10-7(4-14)11(17)16-5-15-10/h4-5,7H,1-3H3,(H,16,17,18);3-5,7H,1-2H3,(H,15,16,17);3-6,8H,2H2,1H3,(H,15,16,17);3*1-3,5H,(H,15,16,17). The Bertz CT molecular complexity index is 5700. The molecule has 6 aromatic heterocycles. The number of benzene rings is 6. The Kier molecular flexibility index (Phi) is 26.9. The molecular formula is C73H50F6N18O9. The second-order valence-electron chi connectivity index (χ2n) is 21.0. The van der Waals surface area contributed by atoms with Crippen LogP contribution >= 0.6 is 0 Å². The number of nitriles is 6. The summed E-state index contributed by atoms with van der Waals surface area (Å²) in [5.74, 6) is -3.99. The maximum absolute atomic E-state index is 13.5. The molecule has 528 valence electrons. The zero-order chi connectivity index (χ0) is 77.3. The molecule has 33 heteroatoms.